The number of hydrogen-bond donors (Lipinski definition) is 0. The Labute approximate surface area is 62.8 Å². The summed E-state index contributed by atoms with van der Waals surface area (Å²) < 4.78 is 1.98. The molecule has 0 saturated carbocycles. The first-order chi connectivity index (χ1) is 4.97. The van der Waals surface area contributed by atoms with Crippen LogP contribution in [0, 0.1) is 0 Å². The van der Waals surface area contributed by atoms with Crippen molar-refractivity contribution in [1.29, 1.82) is 0 Å². The summed E-state index contributed by atoms with van der Waals surface area (Å²) in [6.07, 6.45) is 3.96. The lowest BCUT2D eigenvalue weighted by Crippen LogP contribution is -1.87. The molecule has 2 rings (SSSR count). The first-order valence-electron chi connectivity index (χ1n) is 2.98. The third kappa shape index (κ3) is 0.844. The van der Waals surface area contributed by atoms with E-state index in [4.69, 9.17) is 0 Å². The highest BCUT2D eigenvalue weighted by Gasteiger charge is 1.92. The molecule has 0 N–H and O–H groups in total. The molecule has 0 aromatic carbocycles. The largest absolute Gasteiger partial charge is 0.308 e. The summed E-state index contributed by atoms with van der Waals surface area (Å²) in [6, 6.07) is 3.97. The second-order valence-corrected chi connectivity index (χ2v) is 2.66. The summed E-state index contributed by atoms with van der Waals surface area (Å²) in [5.41, 5.74) is 1.83. The van der Waals surface area contributed by atoms with E-state index in [1.165, 1.54) is 0 Å². The van der Waals surface area contributed by atoms with E-state index in [1.54, 1.807) is 11.3 Å². The molecule has 10 heavy (non-hydrogen) atoms. The monoisotopic (exact) mass is 150 g/mol. The molecule has 0 atom stereocenters. The predicted molar refractivity (Wildman–Crippen MR) is 41.4 cm³/mol. The predicted octanol–water partition coefficient (Wildman–Crippen LogP) is 1.93. The van der Waals surface area contributed by atoms with Gasteiger partial charge in [-0.3, -0.25) is 0 Å². The highest BCUT2D eigenvalue weighted by atomic mass is 32.1. The number of hydrogen-bond acceptors (Lipinski definition) is 2. The summed E-state index contributed by atoms with van der Waals surface area (Å²) >= 11 is 1.61. The fourth-order valence-electron chi connectivity index (χ4n) is 0.821. The van der Waals surface area contributed by atoms with Gasteiger partial charge in [-0.25, -0.2) is 4.98 Å². The van der Waals surface area contributed by atoms with Gasteiger partial charge in [0.2, 0.25) is 0 Å². The van der Waals surface area contributed by atoms with Gasteiger partial charge in [0, 0.05) is 17.8 Å². The number of aromatic nitrogens is 2. The summed E-state index contributed by atoms with van der Waals surface area (Å²) in [5.74, 6) is 0.995. The van der Waals surface area contributed by atoms with Crippen molar-refractivity contribution >= 4 is 11.3 Å². The van der Waals surface area contributed by atoms with E-state index < -0.39 is 0 Å². The summed E-state index contributed by atoms with van der Waals surface area (Å²) in [7, 11) is 0. The lowest BCUT2D eigenvalue weighted by molar-refractivity contribution is 1.03. The number of thiazole rings is 1. The normalized spacial score (nSPS) is 10.0. The second-order valence-electron chi connectivity index (χ2n) is 1.94. The molecule has 50 valence electrons. The molecule has 0 spiro atoms. The molecular weight excluding hydrogens is 144 g/mol. The van der Waals surface area contributed by atoms with E-state index in [0.717, 1.165) is 5.82 Å². The molecule has 0 aliphatic carbocycles. The third-order valence-corrected chi connectivity index (χ3v) is 1.86. The van der Waals surface area contributed by atoms with Gasteiger partial charge in [0.15, 0.2) is 0 Å². The molecule has 0 radical (unpaired) electrons. The van der Waals surface area contributed by atoms with Crippen molar-refractivity contribution in [3.63, 3.8) is 0 Å². The van der Waals surface area contributed by atoms with Gasteiger partial charge in [0.25, 0.3) is 0 Å². The smallest absolute Gasteiger partial charge is 0.147 e. The third-order valence-electron chi connectivity index (χ3n) is 1.29. The van der Waals surface area contributed by atoms with Crippen LogP contribution in [0.2, 0.25) is 0 Å². The molecule has 0 unspecified atom stereocenters. The molecule has 2 heterocycles. The second kappa shape index (κ2) is 2.27. The topological polar surface area (TPSA) is 17.8 Å². The lowest BCUT2D eigenvalue weighted by atomic mass is 10.7. The number of nitrogens with zero attached hydrogens (tertiary/aromatic N) is 2. The van der Waals surface area contributed by atoms with Gasteiger partial charge in [-0.1, -0.05) is 0 Å². The number of rotatable bonds is 1. The molecule has 2 aromatic heterocycles. The van der Waals surface area contributed by atoms with E-state index in [2.05, 4.69) is 4.98 Å². The SMILES string of the molecule is c1ccn(-c2cscn2)c1. The van der Waals surface area contributed by atoms with Crippen LogP contribution in [0.25, 0.3) is 5.82 Å². The summed E-state index contributed by atoms with van der Waals surface area (Å²) in [4.78, 5) is 4.14. The van der Waals surface area contributed by atoms with Gasteiger partial charge in [-0.15, -0.1) is 11.3 Å². The minimum atomic E-state index is 0.995. The van der Waals surface area contributed by atoms with Crippen molar-refractivity contribution in [2.45, 2.75) is 0 Å². The maximum Gasteiger partial charge on any atom is 0.147 e. The van der Waals surface area contributed by atoms with Crippen molar-refractivity contribution in [1.82, 2.24) is 9.55 Å². The van der Waals surface area contributed by atoms with Gasteiger partial charge in [0.1, 0.15) is 5.82 Å². The Morgan fingerprint density at radius 3 is 2.70 bits per heavy atom. The Hall–Kier alpha value is -1.09. The molecule has 2 nitrogen and oxygen atoms in total. The zero-order valence-corrected chi connectivity index (χ0v) is 6.08. The summed E-state index contributed by atoms with van der Waals surface area (Å²) in [6.45, 7) is 0. The van der Waals surface area contributed by atoms with E-state index in [9.17, 15) is 0 Å². The molecule has 0 amide bonds. The average molecular weight is 150 g/mol. The van der Waals surface area contributed by atoms with Crippen LogP contribution in [-0.4, -0.2) is 9.55 Å². The van der Waals surface area contributed by atoms with E-state index >= 15 is 0 Å². The van der Waals surface area contributed by atoms with Crippen molar-refractivity contribution in [2.75, 3.05) is 0 Å². The van der Waals surface area contributed by atoms with Crippen LogP contribution in [0.1, 0.15) is 0 Å². The van der Waals surface area contributed by atoms with Crippen LogP contribution in [-0.2, 0) is 0 Å². The van der Waals surface area contributed by atoms with Gasteiger partial charge in [0.05, 0.1) is 5.51 Å². The van der Waals surface area contributed by atoms with E-state index in [-0.39, 0.29) is 0 Å². The Balaban J connectivity index is 2.48. The zero-order chi connectivity index (χ0) is 6.81. The average Bonchev–Trinajstić information content (AvgIpc) is 2.59. The Morgan fingerprint density at radius 2 is 2.10 bits per heavy atom. The van der Waals surface area contributed by atoms with Crippen molar-refractivity contribution < 1.29 is 0 Å². The van der Waals surface area contributed by atoms with Crippen LogP contribution >= 0.6 is 11.3 Å². The van der Waals surface area contributed by atoms with Gasteiger partial charge >= 0.3 is 0 Å². The lowest BCUT2D eigenvalue weighted by Gasteiger charge is -1.92. The Morgan fingerprint density at radius 1 is 1.30 bits per heavy atom. The van der Waals surface area contributed by atoms with Crippen molar-refractivity contribution in [3.8, 4) is 5.82 Å². The van der Waals surface area contributed by atoms with Crippen LogP contribution in [0.4, 0.5) is 0 Å². The molecule has 3 heteroatoms. The molecule has 0 fully saturated rings. The Bertz CT molecular complexity index is 251. The summed E-state index contributed by atoms with van der Waals surface area (Å²) in [5, 5.41) is 2.01. The molecular formula is C7H6N2S. The zero-order valence-electron chi connectivity index (χ0n) is 5.27. The minimum absolute atomic E-state index is 0.995. The fourth-order valence-corrected chi connectivity index (χ4v) is 1.35. The molecule has 0 bridgehead atoms. The van der Waals surface area contributed by atoms with Crippen molar-refractivity contribution in [3.05, 3.63) is 35.4 Å². The molecule has 0 aliphatic rings. The maximum atomic E-state index is 4.14. The first-order valence-corrected chi connectivity index (χ1v) is 3.92. The fraction of sp³-hybridized carbons (Fsp3) is 0. The van der Waals surface area contributed by atoms with Crippen molar-refractivity contribution in [2.24, 2.45) is 0 Å². The van der Waals surface area contributed by atoms with Gasteiger partial charge in [-0.2, -0.15) is 0 Å². The first kappa shape index (κ1) is 5.68. The van der Waals surface area contributed by atoms with Gasteiger partial charge in [-0.05, 0) is 12.1 Å². The van der Waals surface area contributed by atoms with E-state index in [0.29, 0.717) is 0 Å². The van der Waals surface area contributed by atoms with Crippen LogP contribution in [0.5, 0.6) is 0 Å². The quantitative estimate of drug-likeness (QED) is 0.607. The standard InChI is InChI=1S/C7H6N2S/c1-2-4-9(3-1)7-5-10-6-8-7/h1-6H. The van der Waals surface area contributed by atoms with E-state index in [1.807, 2.05) is 40.0 Å². The minimum Gasteiger partial charge on any atom is -0.308 e. The highest BCUT2D eigenvalue weighted by Crippen LogP contribution is 2.06. The Kier molecular flexibility index (Phi) is 1.29. The van der Waals surface area contributed by atoms with Crippen LogP contribution < -0.4 is 0 Å². The van der Waals surface area contributed by atoms with Crippen LogP contribution in [0.3, 0.4) is 0 Å². The molecule has 2 aromatic rings. The highest BCUT2D eigenvalue weighted by molar-refractivity contribution is 7.07. The van der Waals surface area contributed by atoms with Gasteiger partial charge < -0.3 is 4.57 Å². The maximum absolute atomic E-state index is 4.14. The molecule has 0 aliphatic heterocycles. The van der Waals surface area contributed by atoms with Crippen LogP contribution in [0.15, 0.2) is 35.4 Å². The molecule has 0 saturated heterocycles.